The minimum atomic E-state index is -1.14. The van der Waals surface area contributed by atoms with Gasteiger partial charge in [-0.1, -0.05) is 19.9 Å². The lowest BCUT2D eigenvalue weighted by molar-refractivity contribution is -0.115. The molecule has 112 valence electrons. The van der Waals surface area contributed by atoms with Gasteiger partial charge < -0.3 is 11.1 Å². The number of hydrogen-bond acceptors (Lipinski definition) is 3. The van der Waals surface area contributed by atoms with Gasteiger partial charge in [-0.25, -0.2) is 0 Å². The molecule has 1 aromatic carbocycles. The number of carbonyl (C=O) groups excluding carboxylic acids is 1. The van der Waals surface area contributed by atoms with Gasteiger partial charge in [0.15, 0.2) is 0 Å². The van der Waals surface area contributed by atoms with Crippen molar-refractivity contribution in [2.45, 2.75) is 39.4 Å². The van der Waals surface area contributed by atoms with Crippen LogP contribution < -0.4 is 11.1 Å². The molecule has 0 radical (unpaired) electrons. The zero-order valence-electron chi connectivity index (χ0n) is 12.6. The molecule has 0 heterocycles. The molecule has 2 atom stereocenters. The first-order valence-corrected chi connectivity index (χ1v) is 8.24. The van der Waals surface area contributed by atoms with Gasteiger partial charge in [-0.3, -0.25) is 9.00 Å². The molecule has 1 amide bonds. The number of hydrogen-bond donors (Lipinski definition) is 2. The molecular formula is C15H24N2O2S. The van der Waals surface area contributed by atoms with E-state index in [0.29, 0.717) is 23.0 Å². The van der Waals surface area contributed by atoms with E-state index in [1.54, 1.807) is 25.1 Å². The standard InChI is InChI=1S/C15H24N2O2S/c1-10(2)8-9-20(19)12(4)15(18)17-14-7-5-6-13(16)11(14)3/h5-7,10,12H,8-9,16H2,1-4H3,(H,17,18). The highest BCUT2D eigenvalue weighted by Gasteiger charge is 2.20. The molecule has 0 aliphatic carbocycles. The van der Waals surface area contributed by atoms with Crippen LogP contribution in [0.3, 0.4) is 0 Å². The number of rotatable bonds is 6. The SMILES string of the molecule is Cc1c(N)cccc1NC(=O)C(C)S(=O)CCC(C)C. The largest absolute Gasteiger partial charge is 0.398 e. The van der Waals surface area contributed by atoms with Crippen LogP contribution in [-0.4, -0.2) is 21.1 Å². The molecular weight excluding hydrogens is 272 g/mol. The fourth-order valence-electron chi connectivity index (χ4n) is 1.67. The highest BCUT2D eigenvalue weighted by molar-refractivity contribution is 7.86. The second-order valence-electron chi connectivity index (χ2n) is 5.42. The first kappa shape index (κ1) is 16.7. The molecule has 2 unspecified atom stereocenters. The van der Waals surface area contributed by atoms with Crippen LogP contribution in [0.2, 0.25) is 0 Å². The average Bonchev–Trinajstić information content (AvgIpc) is 2.40. The molecule has 0 aliphatic rings. The monoisotopic (exact) mass is 296 g/mol. The Bertz CT molecular complexity index is 501. The predicted molar refractivity (Wildman–Crippen MR) is 86.1 cm³/mol. The Morgan fingerprint density at radius 3 is 2.60 bits per heavy atom. The van der Waals surface area contributed by atoms with Gasteiger partial charge in [0, 0.05) is 27.9 Å². The lowest BCUT2D eigenvalue weighted by Crippen LogP contribution is -2.30. The molecule has 0 saturated carbocycles. The molecule has 4 nitrogen and oxygen atoms in total. The normalized spacial score (nSPS) is 14.1. The van der Waals surface area contributed by atoms with E-state index in [1.165, 1.54) is 0 Å². The maximum Gasteiger partial charge on any atom is 0.239 e. The highest BCUT2D eigenvalue weighted by atomic mass is 32.2. The van der Waals surface area contributed by atoms with E-state index in [2.05, 4.69) is 19.2 Å². The number of nitrogens with two attached hydrogens (primary N) is 1. The van der Waals surface area contributed by atoms with Crippen molar-refractivity contribution in [2.24, 2.45) is 5.92 Å². The van der Waals surface area contributed by atoms with Crippen molar-refractivity contribution in [1.29, 1.82) is 0 Å². The summed E-state index contributed by atoms with van der Waals surface area (Å²) in [5.74, 6) is 0.827. The van der Waals surface area contributed by atoms with Gasteiger partial charge in [0.2, 0.25) is 5.91 Å². The van der Waals surface area contributed by atoms with E-state index in [0.717, 1.165) is 12.0 Å². The molecule has 0 aliphatic heterocycles. The van der Waals surface area contributed by atoms with Gasteiger partial charge in [-0.2, -0.15) is 0 Å². The van der Waals surface area contributed by atoms with Crippen molar-refractivity contribution in [3.8, 4) is 0 Å². The third kappa shape index (κ3) is 4.63. The summed E-state index contributed by atoms with van der Waals surface area (Å²) in [6.07, 6.45) is 0.863. The molecule has 1 rings (SSSR count). The Kier molecular flexibility index (Phi) is 6.20. The van der Waals surface area contributed by atoms with Crippen LogP contribution in [0.15, 0.2) is 18.2 Å². The Morgan fingerprint density at radius 2 is 2.00 bits per heavy atom. The summed E-state index contributed by atoms with van der Waals surface area (Å²) in [5, 5.41) is 2.29. The summed E-state index contributed by atoms with van der Waals surface area (Å²) in [7, 11) is -1.14. The van der Waals surface area contributed by atoms with Crippen molar-refractivity contribution in [1.82, 2.24) is 0 Å². The van der Waals surface area contributed by atoms with E-state index in [1.807, 2.05) is 6.92 Å². The van der Waals surface area contributed by atoms with E-state index >= 15 is 0 Å². The Hall–Kier alpha value is -1.36. The van der Waals surface area contributed by atoms with Gasteiger partial charge in [0.05, 0.1) is 0 Å². The third-order valence-corrected chi connectivity index (χ3v) is 4.93. The Labute approximate surface area is 123 Å². The summed E-state index contributed by atoms with van der Waals surface area (Å²) in [4.78, 5) is 12.1. The van der Waals surface area contributed by atoms with Crippen molar-refractivity contribution in [3.05, 3.63) is 23.8 Å². The number of anilines is 2. The van der Waals surface area contributed by atoms with Crippen molar-refractivity contribution in [3.63, 3.8) is 0 Å². The van der Waals surface area contributed by atoms with E-state index in [-0.39, 0.29) is 5.91 Å². The van der Waals surface area contributed by atoms with Gasteiger partial charge >= 0.3 is 0 Å². The Morgan fingerprint density at radius 1 is 1.35 bits per heavy atom. The maximum absolute atomic E-state index is 12.1. The minimum absolute atomic E-state index is 0.221. The number of amides is 1. The van der Waals surface area contributed by atoms with Crippen molar-refractivity contribution in [2.75, 3.05) is 16.8 Å². The molecule has 0 saturated heterocycles. The fourth-order valence-corrected chi connectivity index (χ4v) is 3.03. The quantitative estimate of drug-likeness (QED) is 0.793. The van der Waals surface area contributed by atoms with Crippen LogP contribution >= 0.6 is 0 Å². The molecule has 0 bridgehead atoms. The van der Waals surface area contributed by atoms with Crippen LogP contribution in [0.1, 0.15) is 32.8 Å². The number of benzene rings is 1. The zero-order chi connectivity index (χ0) is 15.3. The van der Waals surface area contributed by atoms with E-state index in [9.17, 15) is 9.00 Å². The molecule has 0 fully saturated rings. The summed E-state index contributed by atoms with van der Waals surface area (Å²) >= 11 is 0. The van der Waals surface area contributed by atoms with Crippen LogP contribution in [0.5, 0.6) is 0 Å². The fraction of sp³-hybridized carbons (Fsp3) is 0.533. The summed E-state index contributed by atoms with van der Waals surface area (Å²) in [6, 6.07) is 5.38. The van der Waals surface area contributed by atoms with Crippen LogP contribution in [0.4, 0.5) is 11.4 Å². The van der Waals surface area contributed by atoms with E-state index < -0.39 is 16.0 Å². The Balaban J connectivity index is 2.66. The topological polar surface area (TPSA) is 72.2 Å². The van der Waals surface area contributed by atoms with Crippen LogP contribution in [0.25, 0.3) is 0 Å². The van der Waals surface area contributed by atoms with Crippen molar-refractivity contribution >= 4 is 28.1 Å². The summed E-state index contributed by atoms with van der Waals surface area (Å²) in [6.45, 7) is 7.72. The minimum Gasteiger partial charge on any atom is -0.398 e. The van der Waals surface area contributed by atoms with E-state index in [4.69, 9.17) is 5.73 Å². The van der Waals surface area contributed by atoms with Gasteiger partial charge in [0.1, 0.15) is 5.25 Å². The molecule has 1 aromatic rings. The van der Waals surface area contributed by atoms with Crippen molar-refractivity contribution < 1.29 is 9.00 Å². The van der Waals surface area contributed by atoms with Gasteiger partial charge in [-0.15, -0.1) is 0 Å². The highest BCUT2D eigenvalue weighted by Crippen LogP contribution is 2.21. The molecule has 20 heavy (non-hydrogen) atoms. The second kappa shape index (κ2) is 7.43. The predicted octanol–water partition coefficient (Wildman–Crippen LogP) is 2.70. The van der Waals surface area contributed by atoms with Gasteiger partial charge in [0.25, 0.3) is 0 Å². The second-order valence-corrected chi connectivity index (χ2v) is 7.30. The first-order valence-electron chi connectivity index (χ1n) is 6.86. The molecule has 3 N–H and O–H groups in total. The molecule has 5 heteroatoms. The maximum atomic E-state index is 12.1. The molecule has 0 aromatic heterocycles. The van der Waals surface area contributed by atoms with Crippen LogP contribution in [-0.2, 0) is 15.6 Å². The number of nitrogen functional groups attached to an aromatic ring is 1. The average molecular weight is 296 g/mol. The lowest BCUT2D eigenvalue weighted by Gasteiger charge is -2.15. The lowest BCUT2D eigenvalue weighted by atomic mass is 10.1. The summed E-state index contributed by atoms with van der Waals surface area (Å²) in [5.41, 5.74) is 7.95. The third-order valence-electron chi connectivity index (χ3n) is 3.29. The smallest absolute Gasteiger partial charge is 0.239 e. The summed E-state index contributed by atoms with van der Waals surface area (Å²) < 4.78 is 12.1. The van der Waals surface area contributed by atoms with Crippen LogP contribution in [0, 0.1) is 12.8 Å². The zero-order valence-corrected chi connectivity index (χ0v) is 13.4. The first-order chi connectivity index (χ1) is 9.32. The molecule has 0 spiro atoms. The van der Waals surface area contributed by atoms with Gasteiger partial charge in [-0.05, 0) is 43.9 Å². The number of nitrogens with one attached hydrogen (secondary N) is 1. The number of carbonyl (C=O) groups is 1.